The zero-order chi connectivity index (χ0) is 24.9. The fourth-order valence-corrected chi connectivity index (χ4v) is 4.19. The van der Waals surface area contributed by atoms with Crippen molar-refractivity contribution in [3.05, 3.63) is 87.7 Å². The van der Waals surface area contributed by atoms with Crippen LogP contribution in [-0.4, -0.2) is 36.2 Å². The minimum Gasteiger partial charge on any atom is -0.493 e. The summed E-state index contributed by atoms with van der Waals surface area (Å²) in [4.78, 5) is 38.2. The van der Waals surface area contributed by atoms with E-state index in [1.54, 1.807) is 24.3 Å². The number of nitrogens with zero attached hydrogens (tertiary/aromatic N) is 1. The van der Waals surface area contributed by atoms with Gasteiger partial charge in [0.25, 0.3) is 11.1 Å². The van der Waals surface area contributed by atoms with Crippen molar-refractivity contribution in [1.82, 2.24) is 4.90 Å². The van der Waals surface area contributed by atoms with E-state index in [-0.39, 0.29) is 17.2 Å². The van der Waals surface area contributed by atoms with Gasteiger partial charge in [0.1, 0.15) is 12.4 Å². The van der Waals surface area contributed by atoms with Gasteiger partial charge in [-0.2, -0.15) is 0 Å². The van der Waals surface area contributed by atoms with Gasteiger partial charge in [-0.3, -0.25) is 14.5 Å². The van der Waals surface area contributed by atoms with E-state index in [0.717, 1.165) is 22.2 Å². The second kappa shape index (κ2) is 10.5. The number of carbonyl (C=O) groups is 3. The van der Waals surface area contributed by atoms with Gasteiger partial charge in [-0.25, -0.2) is 4.79 Å². The Kier molecular flexibility index (Phi) is 7.26. The quantitative estimate of drug-likeness (QED) is 0.312. The van der Waals surface area contributed by atoms with Crippen molar-refractivity contribution in [2.24, 2.45) is 0 Å². The Morgan fingerprint density at radius 3 is 2.51 bits per heavy atom. The van der Waals surface area contributed by atoms with Crippen LogP contribution >= 0.6 is 11.8 Å². The van der Waals surface area contributed by atoms with E-state index in [0.29, 0.717) is 29.4 Å². The highest BCUT2D eigenvalue weighted by molar-refractivity contribution is 8.18. The Morgan fingerprint density at radius 2 is 1.80 bits per heavy atom. The van der Waals surface area contributed by atoms with Crippen LogP contribution in [0.25, 0.3) is 6.08 Å². The van der Waals surface area contributed by atoms with Crippen molar-refractivity contribution in [2.45, 2.75) is 20.1 Å². The normalized spacial score (nSPS) is 14.5. The molecular formula is C26H23NO7S. The second-order valence-corrected chi connectivity index (χ2v) is 8.70. The first-order chi connectivity index (χ1) is 16.9. The molecule has 0 N–H and O–H groups in total. The summed E-state index contributed by atoms with van der Waals surface area (Å²) in [5.41, 5.74) is 2.89. The fourth-order valence-electron chi connectivity index (χ4n) is 3.36. The summed E-state index contributed by atoms with van der Waals surface area (Å²) in [5, 5.41) is -0.428. The largest absolute Gasteiger partial charge is 0.493 e. The highest BCUT2D eigenvalue weighted by atomic mass is 32.2. The highest BCUT2D eigenvalue weighted by Gasteiger charge is 2.35. The van der Waals surface area contributed by atoms with Crippen molar-refractivity contribution < 1.29 is 33.0 Å². The zero-order valence-corrected chi connectivity index (χ0v) is 20.2. The lowest BCUT2D eigenvalue weighted by atomic mass is 10.1. The molecule has 1 aliphatic rings. The molecule has 0 bridgehead atoms. The van der Waals surface area contributed by atoms with Gasteiger partial charge in [0.05, 0.1) is 25.7 Å². The molecule has 0 saturated carbocycles. The van der Waals surface area contributed by atoms with Crippen molar-refractivity contribution in [3.8, 4) is 11.5 Å². The number of aryl methyl sites for hydroxylation is 1. The number of thioether (sulfide) groups is 1. The molecule has 4 rings (SSSR count). The number of ether oxygens (including phenoxy) is 3. The molecule has 2 amide bonds. The first-order valence-electron chi connectivity index (χ1n) is 10.7. The molecule has 0 spiro atoms. The summed E-state index contributed by atoms with van der Waals surface area (Å²) in [6, 6.07) is 16.3. The molecular weight excluding hydrogens is 470 g/mol. The van der Waals surface area contributed by atoms with Crippen LogP contribution < -0.4 is 9.47 Å². The van der Waals surface area contributed by atoms with Crippen molar-refractivity contribution in [2.75, 3.05) is 14.2 Å². The first kappa shape index (κ1) is 24.2. The number of carbonyl (C=O) groups excluding carboxylic acids is 3. The third-order valence-electron chi connectivity index (χ3n) is 5.24. The van der Waals surface area contributed by atoms with Gasteiger partial charge >= 0.3 is 5.97 Å². The number of hydrogen-bond acceptors (Lipinski definition) is 8. The number of methoxy groups -OCH3 is 2. The molecule has 0 unspecified atom stereocenters. The molecule has 9 heteroatoms. The SMILES string of the molecule is COC(=O)c1ccc(CN2C(=O)S/C(=C/c3ccc(OCc4ccc(C)cc4)c(OC)c3)C2=O)o1. The van der Waals surface area contributed by atoms with Crippen molar-refractivity contribution in [1.29, 1.82) is 0 Å². The summed E-state index contributed by atoms with van der Waals surface area (Å²) in [5.74, 6) is 0.293. The van der Waals surface area contributed by atoms with Crippen LogP contribution in [0.5, 0.6) is 11.5 Å². The molecule has 1 fully saturated rings. The zero-order valence-electron chi connectivity index (χ0n) is 19.4. The number of hydrogen-bond donors (Lipinski definition) is 0. The third kappa shape index (κ3) is 5.58. The van der Waals surface area contributed by atoms with Gasteiger partial charge in [0.2, 0.25) is 5.76 Å². The number of rotatable bonds is 8. The van der Waals surface area contributed by atoms with Gasteiger partial charge in [0, 0.05) is 0 Å². The Labute approximate surface area is 206 Å². The minimum absolute atomic E-state index is 0.00166. The minimum atomic E-state index is -0.634. The summed E-state index contributed by atoms with van der Waals surface area (Å²) < 4.78 is 21.3. The Morgan fingerprint density at radius 1 is 1.03 bits per heavy atom. The predicted molar refractivity (Wildman–Crippen MR) is 130 cm³/mol. The molecule has 2 heterocycles. The fraction of sp³-hybridized carbons (Fsp3) is 0.192. The number of esters is 1. The topological polar surface area (TPSA) is 95.3 Å². The summed E-state index contributed by atoms with van der Waals surface area (Å²) in [7, 11) is 2.78. The van der Waals surface area contributed by atoms with Crippen LogP contribution in [0.2, 0.25) is 0 Å². The van der Waals surface area contributed by atoms with E-state index < -0.39 is 17.1 Å². The molecule has 1 aliphatic heterocycles. The maximum absolute atomic E-state index is 12.9. The molecule has 180 valence electrons. The van der Waals surface area contributed by atoms with E-state index >= 15 is 0 Å². The van der Waals surface area contributed by atoms with Crippen LogP contribution in [-0.2, 0) is 22.7 Å². The lowest BCUT2D eigenvalue weighted by Crippen LogP contribution is -2.27. The van der Waals surface area contributed by atoms with Gasteiger partial charge in [-0.05, 0) is 60.2 Å². The van der Waals surface area contributed by atoms with Gasteiger partial charge in [0.15, 0.2) is 11.5 Å². The Balaban J connectivity index is 1.46. The maximum Gasteiger partial charge on any atom is 0.373 e. The van der Waals surface area contributed by atoms with Crippen LogP contribution in [0.3, 0.4) is 0 Å². The lowest BCUT2D eigenvalue weighted by Gasteiger charge is -2.12. The lowest BCUT2D eigenvalue weighted by molar-refractivity contribution is -0.123. The van der Waals surface area contributed by atoms with Crippen LogP contribution in [0.1, 0.15) is 33.0 Å². The van der Waals surface area contributed by atoms with E-state index in [4.69, 9.17) is 13.9 Å². The molecule has 35 heavy (non-hydrogen) atoms. The smallest absolute Gasteiger partial charge is 0.373 e. The van der Waals surface area contributed by atoms with Gasteiger partial charge in [-0.15, -0.1) is 0 Å². The molecule has 0 atom stereocenters. The van der Waals surface area contributed by atoms with Crippen molar-refractivity contribution >= 4 is 35.0 Å². The van der Waals surface area contributed by atoms with Crippen LogP contribution in [0.15, 0.2) is 63.9 Å². The van der Waals surface area contributed by atoms with Crippen LogP contribution in [0.4, 0.5) is 4.79 Å². The van der Waals surface area contributed by atoms with E-state index in [1.807, 2.05) is 31.2 Å². The van der Waals surface area contributed by atoms with Crippen molar-refractivity contribution in [3.63, 3.8) is 0 Å². The van der Waals surface area contributed by atoms with Crippen LogP contribution in [0, 0.1) is 6.92 Å². The summed E-state index contributed by atoms with van der Waals surface area (Å²) in [6.45, 7) is 2.33. The van der Waals surface area contributed by atoms with E-state index in [1.165, 1.54) is 31.9 Å². The number of imide groups is 1. The van der Waals surface area contributed by atoms with E-state index in [2.05, 4.69) is 4.74 Å². The first-order valence-corrected chi connectivity index (χ1v) is 11.5. The average Bonchev–Trinajstić information content (AvgIpc) is 3.44. The summed E-state index contributed by atoms with van der Waals surface area (Å²) in [6.07, 6.45) is 1.62. The van der Waals surface area contributed by atoms with Gasteiger partial charge < -0.3 is 18.6 Å². The van der Waals surface area contributed by atoms with E-state index in [9.17, 15) is 14.4 Å². The second-order valence-electron chi connectivity index (χ2n) is 7.71. The average molecular weight is 494 g/mol. The highest BCUT2D eigenvalue weighted by Crippen LogP contribution is 2.35. The maximum atomic E-state index is 12.9. The monoisotopic (exact) mass is 493 g/mol. The molecule has 0 radical (unpaired) electrons. The Hall–Kier alpha value is -3.98. The van der Waals surface area contributed by atoms with Gasteiger partial charge in [-0.1, -0.05) is 35.9 Å². The molecule has 8 nitrogen and oxygen atoms in total. The Bertz CT molecular complexity index is 1290. The number of benzene rings is 2. The molecule has 1 aromatic heterocycles. The molecule has 3 aromatic rings. The summed E-state index contributed by atoms with van der Waals surface area (Å²) >= 11 is 0.833. The third-order valence-corrected chi connectivity index (χ3v) is 6.14. The predicted octanol–water partition coefficient (Wildman–Crippen LogP) is 5.20. The molecule has 2 aromatic carbocycles. The molecule has 0 aliphatic carbocycles. The number of furan rings is 1. The standard InChI is InChI=1S/C26H23NO7S/c1-16-4-6-17(7-5-16)15-33-20-10-8-18(12-22(20)31-2)13-23-24(28)27(26(30)35-23)14-19-9-11-21(34-19)25(29)32-3/h4-13H,14-15H2,1-3H3/b23-13+. The molecule has 1 saturated heterocycles. The number of amides is 2.